The summed E-state index contributed by atoms with van der Waals surface area (Å²) < 4.78 is 18.8. The lowest BCUT2D eigenvalue weighted by atomic mass is 9.97. The number of benzene rings is 1. The number of nitrogens with zero attached hydrogens (tertiary/aromatic N) is 3. The van der Waals surface area contributed by atoms with Gasteiger partial charge in [0.1, 0.15) is 11.6 Å². The molecule has 9 heteroatoms. The van der Waals surface area contributed by atoms with E-state index in [4.69, 9.17) is 9.84 Å². The van der Waals surface area contributed by atoms with Gasteiger partial charge < -0.3 is 20.1 Å². The van der Waals surface area contributed by atoms with Gasteiger partial charge in [-0.25, -0.2) is 19.2 Å². The van der Waals surface area contributed by atoms with Crippen molar-refractivity contribution in [1.29, 1.82) is 0 Å². The molecule has 1 aromatic heterocycles. The molecule has 0 radical (unpaired) electrons. The fourth-order valence-electron chi connectivity index (χ4n) is 2.99. The Morgan fingerprint density at radius 2 is 2.04 bits per heavy atom. The van der Waals surface area contributed by atoms with Crippen LogP contribution in [0.25, 0.3) is 0 Å². The van der Waals surface area contributed by atoms with E-state index in [-0.39, 0.29) is 24.0 Å². The Kier molecular flexibility index (Phi) is 6.49. The summed E-state index contributed by atoms with van der Waals surface area (Å²) in [6, 6.07) is 6.18. The number of rotatable bonds is 7. The highest BCUT2D eigenvalue weighted by molar-refractivity contribution is 5.85. The first kappa shape index (κ1) is 19.7. The molecule has 1 aromatic carbocycles. The van der Waals surface area contributed by atoms with Crippen LogP contribution in [0.15, 0.2) is 36.7 Å². The van der Waals surface area contributed by atoms with E-state index in [9.17, 15) is 14.0 Å². The van der Waals surface area contributed by atoms with Crippen LogP contribution < -0.4 is 5.32 Å². The number of ether oxygens (including phenoxy) is 1. The normalized spacial score (nSPS) is 15.1. The molecule has 148 valence electrons. The van der Waals surface area contributed by atoms with Gasteiger partial charge in [-0.05, 0) is 24.1 Å². The summed E-state index contributed by atoms with van der Waals surface area (Å²) in [5, 5.41) is 11.9. The minimum absolute atomic E-state index is 0.0461. The molecule has 0 bridgehead atoms. The molecular weight excluding hydrogens is 367 g/mol. The minimum Gasteiger partial charge on any atom is -0.476 e. The molecule has 1 amide bonds. The predicted octanol–water partition coefficient (Wildman–Crippen LogP) is 1.44. The fraction of sp³-hybridized carbons (Fsp3) is 0.368. The van der Waals surface area contributed by atoms with Gasteiger partial charge in [0.05, 0.1) is 31.5 Å². The van der Waals surface area contributed by atoms with E-state index in [2.05, 4.69) is 15.3 Å². The Labute approximate surface area is 161 Å². The van der Waals surface area contributed by atoms with E-state index < -0.39 is 11.9 Å². The smallest absolute Gasteiger partial charge is 0.356 e. The van der Waals surface area contributed by atoms with Crippen LogP contribution in [0.1, 0.15) is 16.1 Å². The molecule has 2 heterocycles. The van der Waals surface area contributed by atoms with Gasteiger partial charge in [0.25, 0.3) is 0 Å². The van der Waals surface area contributed by atoms with Gasteiger partial charge in [0.2, 0.25) is 5.91 Å². The molecule has 0 saturated carbocycles. The number of carbonyl (C=O) groups excluding carboxylic acids is 1. The number of nitrogens with one attached hydrogen (secondary N) is 1. The molecule has 1 unspecified atom stereocenters. The molecule has 1 aliphatic heterocycles. The predicted molar refractivity (Wildman–Crippen MR) is 98.5 cm³/mol. The number of halogens is 1. The van der Waals surface area contributed by atoms with Crippen molar-refractivity contribution in [3.63, 3.8) is 0 Å². The van der Waals surface area contributed by atoms with Gasteiger partial charge in [-0.3, -0.25) is 4.79 Å². The van der Waals surface area contributed by atoms with Crippen LogP contribution in [0.5, 0.6) is 0 Å². The van der Waals surface area contributed by atoms with E-state index in [1.54, 1.807) is 17.0 Å². The number of amides is 1. The maximum Gasteiger partial charge on any atom is 0.356 e. The summed E-state index contributed by atoms with van der Waals surface area (Å²) in [4.78, 5) is 33.4. The summed E-state index contributed by atoms with van der Waals surface area (Å²) in [6.45, 7) is 2.28. The zero-order valence-corrected chi connectivity index (χ0v) is 15.2. The quantitative estimate of drug-likeness (QED) is 0.740. The van der Waals surface area contributed by atoms with Gasteiger partial charge in [0, 0.05) is 19.6 Å². The monoisotopic (exact) mass is 388 g/mol. The van der Waals surface area contributed by atoms with Crippen molar-refractivity contribution in [2.24, 2.45) is 5.92 Å². The number of aromatic carboxylic acids is 1. The van der Waals surface area contributed by atoms with E-state index in [0.29, 0.717) is 38.5 Å². The summed E-state index contributed by atoms with van der Waals surface area (Å²) in [7, 11) is 0. The van der Waals surface area contributed by atoms with Crippen LogP contribution in [-0.2, 0) is 16.0 Å². The molecule has 2 aromatic rings. The molecule has 1 atom stereocenters. The second-order valence-corrected chi connectivity index (χ2v) is 6.44. The maximum atomic E-state index is 13.5. The number of carboxylic acids is 1. The van der Waals surface area contributed by atoms with Crippen molar-refractivity contribution in [3.8, 4) is 0 Å². The molecular formula is C19H21FN4O4. The molecule has 1 fully saturated rings. The summed E-state index contributed by atoms with van der Waals surface area (Å²) >= 11 is 0. The molecule has 28 heavy (non-hydrogen) atoms. The number of carboxylic acid groups (broad SMARTS) is 1. The second kappa shape index (κ2) is 9.23. The molecule has 1 saturated heterocycles. The summed E-state index contributed by atoms with van der Waals surface area (Å²) in [5.41, 5.74) is 0.562. The van der Waals surface area contributed by atoms with Crippen LogP contribution in [0.3, 0.4) is 0 Å². The van der Waals surface area contributed by atoms with E-state index in [0.717, 1.165) is 11.8 Å². The minimum atomic E-state index is -1.16. The largest absolute Gasteiger partial charge is 0.476 e. The van der Waals surface area contributed by atoms with Crippen LogP contribution in [0.2, 0.25) is 0 Å². The number of anilines is 1. The van der Waals surface area contributed by atoms with Crippen LogP contribution >= 0.6 is 0 Å². The Hall–Kier alpha value is -3.07. The fourth-order valence-corrected chi connectivity index (χ4v) is 2.99. The lowest BCUT2D eigenvalue weighted by Gasteiger charge is -2.30. The topological polar surface area (TPSA) is 105 Å². The van der Waals surface area contributed by atoms with Crippen LogP contribution in [0.4, 0.5) is 10.2 Å². The average molecular weight is 388 g/mol. The highest BCUT2D eigenvalue weighted by Gasteiger charge is 2.26. The third-order valence-electron chi connectivity index (χ3n) is 4.44. The Morgan fingerprint density at radius 3 is 2.68 bits per heavy atom. The maximum absolute atomic E-state index is 13.5. The SMILES string of the molecule is O=C(O)c1cnc(NCC(Cc2cccc(F)c2)C(=O)N2CCOCC2)cn1. The van der Waals surface area contributed by atoms with Gasteiger partial charge in [-0.2, -0.15) is 0 Å². The summed E-state index contributed by atoms with van der Waals surface area (Å²) in [6.07, 6.45) is 2.82. The highest BCUT2D eigenvalue weighted by atomic mass is 19.1. The van der Waals surface area contributed by atoms with E-state index >= 15 is 0 Å². The lowest BCUT2D eigenvalue weighted by Crippen LogP contribution is -2.45. The Morgan fingerprint density at radius 1 is 1.25 bits per heavy atom. The third kappa shape index (κ3) is 5.23. The summed E-state index contributed by atoms with van der Waals surface area (Å²) in [5.74, 6) is -1.64. The molecule has 0 spiro atoms. The molecule has 1 aliphatic rings. The van der Waals surface area contributed by atoms with Crippen LogP contribution in [0, 0.1) is 11.7 Å². The van der Waals surface area contributed by atoms with E-state index in [1.807, 2.05) is 0 Å². The van der Waals surface area contributed by atoms with Gasteiger partial charge in [0.15, 0.2) is 5.69 Å². The molecule has 3 rings (SSSR count). The van der Waals surface area contributed by atoms with Crippen molar-refractivity contribution >= 4 is 17.7 Å². The molecule has 0 aliphatic carbocycles. The van der Waals surface area contributed by atoms with Crippen LogP contribution in [-0.4, -0.2) is 64.7 Å². The number of hydrogen-bond acceptors (Lipinski definition) is 6. The van der Waals surface area contributed by atoms with Crippen molar-refractivity contribution in [2.45, 2.75) is 6.42 Å². The van der Waals surface area contributed by atoms with Crippen molar-refractivity contribution in [2.75, 3.05) is 38.2 Å². The van der Waals surface area contributed by atoms with Gasteiger partial charge >= 0.3 is 5.97 Å². The first-order valence-corrected chi connectivity index (χ1v) is 8.93. The number of morpholine rings is 1. The van der Waals surface area contributed by atoms with Gasteiger partial charge in [-0.15, -0.1) is 0 Å². The number of hydrogen-bond donors (Lipinski definition) is 2. The first-order chi connectivity index (χ1) is 13.5. The lowest BCUT2D eigenvalue weighted by molar-refractivity contribution is -0.139. The van der Waals surface area contributed by atoms with Gasteiger partial charge in [-0.1, -0.05) is 12.1 Å². The Bertz CT molecular complexity index is 825. The third-order valence-corrected chi connectivity index (χ3v) is 4.44. The van der Waals surface area contributed by atoms with E-state index in [1.165, 1.54) is 18.3 Å². The Balaban J connectivity index is 1.71. The zero-order chi connectivity index (χ0) is 19.9. The average Bonchev–Trinajstić information content (AvgIpc) is 2.71. The van der Waals surface area contributed by atoms with Crippen molar-refractivity contribution in [1.82, 2.24) is 14.9 Å². The number of aromatic nitrogens is 2. The zero-order valence-electron chi connectivity index (χ0n) is 15.2. The number of carbonyl (C=O) groups is 2. The standard InChI is InChI=1S/C19H21FN4O4/c20-15-3-1-2-13(9-15)8-14(18(25)24-4-6-28-7-5-24)10-22-17-12-21-16(11-23-17)19(26)27/h1-3,9,11-12,14H,4-8,10H2,(H,22,23)(H,26,27). The highest BCUT2D eigenvalue weighted by Crippen LogP contribution is 2.16. The van der Waals surface area contributed by atoms with Crippen molar-refractivity contribution in [3.05, 3.63) is 53.7 Å². The second-order valence-electron chi connectivity index (χ2n) is 6.44. The molecule has 8 nitrogen and oxygen atoms in total. The van der Waals surface area contributed by atoms with Crippen molar-refractivity contribution < 1.29 is 23.8 Å². The molecule has 2 N–H and O–H groups in total. The first-order valence-electron chi connectivity index (χ1n) is 8.93.